The van der Waals surface area contributed by atoms with Crippen molar-refractivity contribution in [3.63, 3.8) is 0 Å². The van der Waals surface area contributed by atoms with E-state index in [0.29, 0.717) is 19.1 Å². The predicted octanol–water partition coefficient (Wildman–Crippen LogP) is 11.6. The molecular formula is C35H44Br2Cl2FNO2. The van der Waals surface area contributed by atoms with Crippen LogP contribution < -0.4 is 15.2 Å². The van der Waals surface area contributed by atoms with Gasteiger partial charge in [0.1, 0.15) is 18.1 Å². The Morgan fingerprint density at radius 2 is 1.02 bits per heavy atom. The summed E-state index contributed by atoms with van der Waals surface area (Å²) in [5.41, 5.74) is 13.4. The molecule has 43 heavy (non-hydrogen) atoms. The average Bonchev–Trinajstić information content (AvgIpc) is 3.00. The van der Waals surface area contributed by atoms with Crippen LogP contribution in [-0.4, -0.2) is 20.0 Å². The molecule has 0 aliphatic heterocycles. The van der Waals surface area contributed by atoms with E-state index in [4.69, 9.17) is 43.1 Å². The summed E-state index contributed by atoms with van der Waals surface area (Å²) < 4.78 is 26.7. The molecule has 4 aromatic carbocycles. The van der Waals surface area contributed by atoms with Crippen LogP contribution in [0.5, 0.6) is 11.5 Å². The SMILES string of the molecule is C.Cc1ccc([C@@H](C)COc2cc(C)ccc2Br)cc1.Cc1ccc([C@@H](N)COc2cc(C)ccc2Br)cc1.ClCCl.[3H]F. The zero-order valence-corrected chi connectivity index (χ0v) is 29.3. The fourth-order valence-corrected chi connectivity index (χ4v) is 4.46. The third-order valence-corrected chi connectivity index (χ3v) is 7.54. The maximum atomic E-state index is 8.75. The summed E-state index contributed by atoms with van der Waals surface area (Å²) in [6.45, 7) is 11.6. The van der Waals surface area contributed by atoms with Gasteiger partial charge in [-0.3, -0.25) is 4.72 Å². The molecule has 0 saturated carbocycles. The highest BCUT2D eigenvalue weighted by Gasteiger charge is 2.09. The largest absolute Gasteiger partial charge is 0.492 e. The number of hydrogen-bond acceptors (Lipinski definition) is 3. The second kappa shape index (κ2) is 21.6. The Morgan fingerprint density at radius 1 is 0.674 bits per heavy atom. The van der Waals surface area contributed by atoms with Gasteiger partial charge in [-0.05, 0) is 106 Å². The topological polar surface area (TPSA) is 44.5 Å². The summed E-state index contributed by atoms with van der Waals surface area (Å²) in [6, 6.07) is 29.0. The Bertz CT molecular complexity index is 1240. The number of nitrogens with two attached hydrogens (primary N) is 1. The van der Waals surface area contributed by atoms with Crippen molar-refractivity contribution < 1.29 is 14.2 Å². The van der Waals surface area contributed by atoms with Crippen LogP contribution in [0, 0.1) is 27.7 Å². The first-order valence-electron chi connectivity index (χ1n) is 13.7. The Balaban J connectivity index is 0.000000719. The maximum absolute atomic E-state index is 8.75. The van der Waals surface area contributed by atoms with Crippen molar-refractivity contribution in [3.05, 3.63) is 127 Å². The molecule has 0 bridgehead atoms. The van der Waals surface area contributed by atoms with Gasteiger partial charge in [0.2, 0.25) is 0 Å². The van der Waals surface area contributed by atoms with Gasteiger partial charge in [0.15, 0.2) is 0 Å². The summed E-state index contributed by atoms with van der Waals surface area (Å²) in [4.78, 5) is 0. The Labute approximate surface area is 286 Å². The number of halogens is 5. The lowest BCUT2D eigenvalue weighted by atomic mass is 10.0. The third kappa shape index (κ3) is 15.0. The summed E-state index contributed by atoms with van der Waals surface area (Å²) in [5, 5.41) is 0.194. The van der Waals surface area contributed by atoms with Crippen molar-refractivity contribution in [1.29, 1.82) is 1.45 Å². The van der Waals surface area contributed by atoms with Crippen LogP contribution >= 0.6 is 55.1 Å². The van der Waals surface area contributed by atoms with Gasteiger partial charge in [-0.1, -0.05) is 86.1 Å². The summed E-state index contributed by atoms with van der Waals surface area (Å²) in [7, 11) is 0. The second-order valence-corrected chi connectivity index (χ2v) is 12.4. The zero-order valence-electron chi connectivity index (χ0n) is 25.6. The Morgan fingerprint density at radius 3 is 1.44 bits per heavy atom. The molecule has 236 valence electrons. The molecular weight excluding hydrogens is 716 g/mol. The Hall–Kier alpha value is -2.09. The van der Waals surface area contributed by atoms with Crippen LogP contribution in [0.1, 0.15) is 59.7 Å². The molecule has 4 aromatic rings. The lowest BCUT2D eigenvalue weighted by Gasteiger charge is -2.15. The smallest absolute Gasteiger partial charge is 0.269 e. The monoisotopic (exact) mass is 759 g/mol. The van der Waals surface area contributed by atoms with E-state index in [-0.39, 0.29) is 18.8 Å². The number of ether oxygens (including phenoxy) is 2. The van der Waals surface area contributed by atoms with E-state index in [2.05, 4.69) is 122 Å². The van der Waals surface area contributed by atoms with Gasteiger partial charge in [0.05, 0.1) is 26.9 Å². The molecule has 4 rings (SSSR count). The molecule has 0 fully saturated rings. The van der Waals surface area contributed by atoms with Gasteiger partial charge in [0.25, 0.3) is 1.45 Å². The van der Waals surface area contributed by atoms with Crippen LogP contribution in [0.25, 0.3) is 0 Å². The van der Waals surface area contributed by atoms with Gasteiger partial charge in [0, 0.05) is 5.92 Å². The van der Waals surface area contributed by atoms with Crippen molar-refractivity contribution in [2.75, 3.05) is 18.6 Å². The first kappa shape index (κ1) is 38.9. The minimum absolute atomic E-state index is 0. The highest BCUT2D eigenvalue weighted by atomic mass is 79.9. The van der Waals surface area contributed by atoms with Gasteiger partial charge >= 0.3 is 0 Å². The maximum Gasteiger partial charge on any atom is 0.269 e. The molecule has 3 nitrogen and oxygen atoms in total. The number of alkyl halides is 2. The van der Waals surface area contributed by atoms with E-state index in [1.54, 1.807) is 0 Å². The van der Waals surface area contributed by atoms with Crippen molar-refractivity contribution >= 4 is 55.1 Å². The van der Waals surface area contributed by atoms with E-state index in [1.807, 2.05) is 31.2 Å². The highest BCUT2D eigenvalue weighted by molar-refractivity contribution is 9.10. The lowest BCUT2D eigenvalue weighted by molar-refractivity contribution is 0.289. The molecule has 0 heterocycles. The molecule has 0 aromatic heterocycles. The molecule has 0 saturated heterocycles. The normalized spacial score (nSPS) is 11.4. The molecule has 8 heteroatoms. The predicted molar refractivity (Wildman–Crippen MR) is 192 cm³/mol. The van der Waals surface area contributed by atoms with Gasteiger partial charge in [-0.15, -0.1) is 23.2 Å². The highest BCUT2D eigenvalue weighted by Crippen LogP contribution is 2.28. The van der Waals surface area contributed by atoms with Crippen molar-refractivity contribution in [3.8, 4) is 11.5 Å². The van der Waals surface area contributed by atoms with Gasteiger partial charge in [-0.2, -0.15) is 0 Å². The Kier molecular flexibility index (Phi) is 19.5. The summed E-state index contributed by atoms with van der Waals surface area (Å²) in [6.07, 6.45) is 0. The molecule has 2 atom stereocenters. The second-order valence-electron chi connectivity index (χ2n) is 9.92. The molecule has 0 unspecified atom stereocenters. The van der Waals surface area contributed by atoms with E-state index in [1.165, 1.54) is 27.8 Å². The van der Waals surface area contributed by atoms with E-state index in [9.17, 15) is 0 Å². The molecule has 0 spiro atoms. The van der Waals surface area contributed by atoms with Crippen molar-refractivity contribution in [2.24, 2.45) is 5.73 Å². The molecule has 0 radical (unpaired) electrons. The summed E-state index contributed by atoms with van der Waals surface area (Å²) in [5.74, 6) is 2.13. The van der Waals surface area contributed by atoms with Gasteiger partial charge < -0.3 is 15.2 Å². The average molecular weight is 762 g/mol. The first-order chi connectivity index (χ1) is 20.5. The summed E-state index contributed by atoms with van der Waals surface area (Å²) >= 11 is 16.5. The molecule has 2 N–H and O–H groups in total. The lowest BCUT2D eigenvalue weighted by Crippen LogP contribution is -2.19. The standard InChI is InChI=1S/C17H19BrO.C16H18BrNO.CH2Cl2.CH4.FH/c1-12-4-7-15(8-5-12)14(3)11-19-17-10-13(2)6-9-16(17)18;1-11-3-6-13(7-4-11)15(18)10-19-16-9-12(2)5-8-14(16)17;2-1-3;;/h4-10,14H,11H2,1-3H3;3-9,15H,10,18H2,1-2H3;1H2;1H4;1H/t14-;15-;;;/m00.../s1/i/hT. The fourth-order valence-electron chi connectivity index (χ4n) is 3.74. The molecule has 0 amide bonds. The van der Waals surface area contributed by atoms with Crippen LogP contribution in [0.15, 0.2) is 93.9 Å². The number of benzene rings is 4. The minimum atomic E-state index is -0.118. The number of hydrogen-bond donors (Lipinski definition) is 1. The zero-order chi connectivity index (χ0) is 32.4. The molecule has 0 aliphatic rings. The van der Waals surface area contributed by atoms with E-state index >= 15 is 0 Å². The number of rotatable bonds is 8. The van der Waals surface area contributed by atoms with E-state index < -0.39 is 0 Å². The fraction of sp³-hybridized carbons (Fsp3) is 0.314. The third-order valence-electron chi connectivity index (χ3n) is 6.23. The quantitative estimate of drug-likeness (QED) is 0.182. The minimum Gasteiger partial charge on any atom is -0.492 e. The van der Waals surface area contributed by atoms with E-state index in [0.717, 1.165) is 26.0 Å². The first-order valence-corrected chi connectivity index (χ1v) is 16.0. The van der Waals surface area contributed by atoms with Crippen molar-refractivity contribution in [2.45, 2.75) is 54.0 Å². The van der Waals surface area contributed by atoms with Crippen LogP contribution in [0.3, 0.4) is 0 Å². The number of aryl methyl sites for hydroxylation is 4. The van der Waals surface area contributed by atoms with Crippen LogP contribution in [-0.2, 0) is 0 Å². The van der Waals surface area contributed by atoms with Crippen LogP contribution in [0.4, 0.5) is 4.72 Å². The van der Waals surface area contributed by atoms with Crippen molar-refractivity contribution in [1.82, 2.24) is 0 Å². The van der Waals surface area contributed by atoms with Gasteiger partial charge in [-0.25, -0.2) is 0 Å². The molecule has 0 aliphatic carbocycles. The van der Waals surface area contributed by atoms with Crippen LogP contribution in [0.2, 0.25) is 0 Å².